The van der Waals surface area contributed by atoms with Crippen LogP contribution in [-0.4, -0.2) is 19.0 Å². The zero-order valence-corrected chi connectivity index (χ0v) is 14.9. The fourth-order valence-electron chi connectivity index (χ4n) is 4.17. The number of hydrogen-bond acceptors (Lipinski definition) is 2. The highest BCUT2D eigenvalue weighted by Crippen LogP contribution is 2.58. The Morgan fingerprint density at radius 2 is 1.73 bits per heavy atom. The second-order valence-corrected chi connectivity index (χ2v) is 7.81. The van der Waals surface area contributed by atoms with Gasteiger partial charge in [-0.3, -0.25) is 9.79 Å². The van der Waals surface area contributed by atoms with Gasteiger partial charge in [0.2, 0.25) is 0 Å². The SMILES string of the molecule is CCC(C)(C)C1(C(C)(C)CC)CN=Cc2ccc(C=O)cc21. The van der Waals surface area contributed by atoms with Crippen molar-refractivity contribution in [3.8, 4) is 0 Å². The van der Waals surface area contributed by atoms with Gasteiger partial charge in [0.25, 0.3) is 0 Å². The van der Waals surface area contributed by atoms with Gasteiger partial charge in [0.15, 0.2) is 0 Å². The highest BCUT2D eigenvalue weighted by atomic mass is 16.1. The number of carbonyl (C=O) groups excluding carboxylic acids is 1. The molecular formula is C20H29NO. The summed E-state index contributed by atoms with van der Waals surface area (Å²) in [5.41, 5.74) is 3.36. The highest BCUT2D eigenvalue weighted by molar-refractivity contribution is 5.87. The van der Waals surface area contributed by atoms with E-state index in [1.54, 1.807) is 0 Å². The minimum Gasteiger partial charge on any atom is -0.298 e. The quantitative estimate of drug-likeness (QED) is 0.700. The number of aldehydes is 1. The van der Waals surface area contributed by atoms with Crippen molar-refractivity contribution in [1.82, 2.24) is 0 Å². The Morgan fingerprint density at radius 3 is 2.23 bits per heavy atom. The third-order valence-electron chi connectivity index (χ3n) is 6.31. The lowest BCUT2D eigenvalue weighted by molar-refractivity contribution is 0.0252. The molecular weight excluding hydrogens is 270 g/mol. The maximum absolute atomic E-state index is 11.3. The summed E-state index contributed by atoms with van der Waals surface area (Å²) in [6.07, 6.45) is 5.09. The van der Waals surface area contributed by atoms with Crippen molar-refractivity contribution in [2.24, 2.45) is 15.8 Å². The summed E-state index contributed by atoms with van der Waals surface area (Å²) < 4.78 is 0. The Hall–Kier alpha value is -1.44. The second kappa shape index (κ2) is 5.64. The van der Waals surface area contributed by atoms with E-state index in [0.717, 1.165) is 31.2 Å². The lowest BCUT2D eigenvalue weighted by Gasteiger charge is -2.57. The van der Waals surface area contributed by atoms with Crippen LogP contribution in [0.25, 0.3) is 0 Å². The standard InChI is InChI=1S/C20H29NO/c1-7-18(3,4)20(19(5,6)8-2)14-21-12-16-10-9-15(13-22)11-17(16)20/h9-13H,7-8,14H2,1-6H3. The fourth-order valence-corrected chi connectivity index (χ4v) is 4.17. The molecule has 0 saturated carbocycles. The monoisotopic (exact) mass is 299 g/mol. The van der Waals surface area contributed by atoms with E-state index in [1.807, 2.05) is 18.3 Å². The fraction of sp³-hybridized carbons (Fsp3) is 0.600. The van der Waals surface area contributed by atoms with Crippen molar-refractivity contribution in [2.45, 2.75) is 59.8 Å². The normalized spacial score (nSPS) is 17.2. The topological polar surface area (TPSA) is 29.4 Å². The number of carbonyl (C=O) groups is 1. The molecule has 2 rings (SSSR count). The molecule has 120 valence electrons. The molecule has 2 nitrogen and oxygen atoms in total. The van der Waals surface area contributed by atoms with Crippen molar-refractivity contribution >= 4 is 12.5 Å². The number of benzene rings is 1. The first-order chi connectivity index (χ1) is 10.3. The van der Waals surface area contributed by atoms with Gasteiger partial charge in [-0.05, 0) is 28.0 Å². The lowest BCUT2D eigenvalue weighted by Crippen LogP contribution is -2.56. The largest absolute Gasteiger partial charge is 0.298 e. The molecule has 2 heteroatoms. The smallest absolute Gasteiger partial charge is 0.150 e. The Kier molecular flexibility index (Phi) is 4.34. The van der Waals surface area contributed by atoms with Crippen LogP contribution in [0.15, 0.2) is 23.2 Å². The molecule has 1 aliphatic heterocycles. The average Bonchev–Trinajstić information content (AvgIpc) is 2.53. The molecule has 0 unspecified atom stereocenters. The first-order valence-corrected chi connectivity index (χ1v) is 8.35. The van der Waals surface area contributed by atoms with Crippen molar-refractivity contribution in [3.05, 3.63) is 34.9 Å². The number of hydrogen-bond donors (Lipinski definition) is 0. The van der Waals surface area contributed by atoms with Crippen LogP contribution < -0.4 is 0 Å². The van der Waals surface area contributed by atoms with Crippen LogP contribution in [0.4, 0.5) is 0 Å². The zero-order valence-electron chi connectivity index (χ0n) is 14.9. The lowest BCUT2D eigenvalue weighted by atomic mass is 9.47. The molecule has 0 aliphatic carbocycles. The van der Waals surface area contributed by atoms with Crippen LogP contribution in [0.2, 0.25) is 0 Å². The molecule has 0 bridgehead atoms. The average molecular weight is 299 g/mol. The maximum Gasteiger partial charge on any atom is 0.150 e. The summed E-state index contributed by atoms with van der Waals surface area (Å²) in [5, 5.41) is 0. The maximum atomic E-state index is 11.3. The van der Waals surface area contributed by atoms with Gasteiger partial charge in [-0.1, -0.05) is 66.5 Å². The Balaban J connectivity index is 2.83. The molecule has 0 atom stereocenters. The summed E-state index contributed by atoms with van der Waals surface area (Å²) in [6, 6.07) is 6.04. The zero-order chi connectivity index (χ0) is 16.6. The third kappa shape index (κ3) is 2.24. The van der Waals surface area contributed by atoms with Gasteiger partial charge in [-0.15, -0.1) is 0 Å². The van der Waals surface area contributed by atoms with E-state index in [-0.39, 0.29) is 16.2 Å². The van der Waals surface area contributed by atoms with Gasteiger partial charge >= 0.3 is 0 Å². The third-order valence-corrected chi connectivity index (χ3v) is 6.31. The van der Waals surface area contributed by atoms with E-state index in [4.69, 9.17) is 4.99 Å². The van der Waals surface area contributed by atoms with Crippen molar-refractivity contribution in [1.29, 1.82) is 0 Å². The molecule has 0 radical (unpaired) electrons. The van der Waals surface area contributed by atoms with E-state index in [1.165, 1.54) is 11.1 Å². The Morgan fingerprint density at radius 1 is 1.14 bits per heavy atom. The van der Waals surface area contributed by atoms with Crippen LogP contribution in [-0.2, 0) is 5.41 Å². The summed E-state index contributed by atoms with van der Waals surface area (Å²) in [4.78, 5) is 16.1. The molecule has 22 heavy (non-hydrogen) atoms. The molecule has 1 aromatic rings. The molecule has 0 N–H and O–H groups in total. The molecule has 0 saturated heterocycles. The van der Waals surface area contributed by atoms with Crippen molar-refractivity contribution < 1.29 is 4.79 Å². The van der Waals surface area contributed by atoms with E-state index in [2.05, 4.69) is 47.6 Å². The van der Waals surface area contributed by atoms with Crippen LogP contribution in [0.5, 0.6) is 0 Å². The Labute approximate surface area is 135 Å². The number of aliphatic imine (C=N–C) groups is 1. The molecule has 1 aliphatic rings. The molecule has 1 heterocycles. The number of fused-ring (bicyclic) bond motifs is 1. The van der Waals surface area contributed by atoms with E-state index in [0.29, 0.717) is 0 Å². The van der Waals surface area contributed by atoms with Crippen LogP contribution in [0.3, 0.4) is 0 Å². The van der Waals surface area contributed by atoms with Crippen LogP contribution in [0, 0.1) is 10.8 Å². The minimum absolute atomic E-state index is 0.0629. The molecule has 0 amide bonds. The number of rotatable bonds is 5. The van der Waals surface area contributed by atoms with Gasteiger partial charge in [-0.25, -0.2) is 0 Å². The molecule has 0 fully saturated rings. The first-order valence-electron chi connectivity index (χ1n) is 8.35. The van der Waals surface area contributed by atoms with Gasteiger partial charge in [0.05, 0.1) is 0 Å². The molecule has 0 spiro atoms. The van der Waals surface area contributed by atoms with Crippen molar-refractivity contribution in [2.75, 3.05) is 6.54 Å². The molecule has 1 aromatic carbocycles. The van der Waals surface area contributed by atoms with E-state index in [9.17, 15) is 4.79 Å². The van der Waals surface area contributed by atoms with Gasteiger partial charge in [0.1, 0.15) is 6.29 Å². The van der Waals surface area contributed by atoms with Crippen molar-refractivity contribution in [3.63, 3.8) is 0 Å². The van der Waals surface area contributed by atoms with Gasteiger partial charge in [0, 0.05) is 23.7 Å². The predicted molar refractivity (Wildman–Crippen MR) is 94.1 cm³/mol. The van der Waals surface area contributed by atoms with Crippen LogP contribution >= 0.6 is 0 Å². The summed E-state index contributed by atoms with van der Waals surface area (Å²) in [6.45, 7) is 14.7. The molecule has 0 aromatic heterocycles. The van der Waals surface area contributed by atoms with E-state index < -0.39 is 0 Å². The number of nitrogens with zero attached hydrogens (tertiary/aromatic N) is 1. The second-order valence-electron chi connectivity index (χ2n) is 7.81. The van der Waals surface area contributed by atoms with Gasteiger partial charge < -0.3 is 0 Å². The minimum atomic E-state index is -0.0629. The summed E-state index contributed by atoms with van der Waals surface area (Å²) >= 11 is 0. The Bertz CT molecular complexity index is 580. The summed E-state index contributed by atoms with van der Waals surface area (Å²) in [5.74, 6) is 0. The summed E-state index contributed by atoms with van der Waals surface area (Å²) in [7, 11) is 0. The van der Waals surface area contributed by atoms with Gasteiger partial charge in [-0.2, -0.15) is 0 Å². The predicted octanol–water partition coefficient (Wildman–Crippen LogP) is 5.04. The van der Waals surface area contributed by atoms with Crippen LogP contribution in [0.1, 0.15) is 75.9 Å². The highest BCUT2D eigenvalue weighted by Gasteiger charge is 2.55. The first kappa shape index (κ1) is 16.9. The van der Waals surface area contributed by atoms with E-state index >= 15 is 0 Å².